The number of carbonyl (C=O) groups is 3. The highest BCUT2D eigenvalue weighted by Gasteiger charge is 2.28. The number of allylic oxidation sites excluding steroid dienone is 2. The Kier molecular flexibility index (Phi) is 10.1. The van der Waals surface area contributed by atoms with E-state index < -0.39 is 24.0 Å². The molecule has 1 unspecified atom stereocenters. The van der Waals surface area contributed by atoms with Crippen LogP contribution in [0.2, 0.25) is 0 Å². The van der Waals surface area contributed by atoms with Crippen LogP contribution in [0, 0.1) is 11.3 Å². The first-order valence-corrected chi connectivity index (χ1v) is 16.0. The molecule has 0 bridgehead atoms. The molecule has 2 heterocycles. The van der Waals surface area contributed by atoms with Crippen LogP contribution < -0.4 is 10.6 Å². The number of amides is 2. The van der Waals surface area contributed by atoms with E-state index in [9.17, 15) is 19.5 Å². The molecule has 8 nitrogen and oxygen atoms in total. The topological polar surface area (TPSA) is 121 Å². The summed E-state index contributed by atoms with van der Waals surface area (Å²) in [6.45, 7) is 14.5. The van der Waals surface area contributed by atoms with Gasteiger partial charge in [0.15, 0.2) is 5.82 Å². The summed E-state index contributed by atoms with van der Waals surface area (Å²) in [7, 11) is 0. The van der Waals surface area contributed by atoms with E-state index in [2.05, 4.69) is 68.2 Å². The van der Waals surface area contributed by atoms with Crippen molar-refractivity contribution < 1.29 is 19.5 Å². The number of hydrogen-bond donors (Lipinski definition) is 3. The fraction of sp³-hybridized carbons (Fsp3) is 0.457. The molecular weight excluding hydrogens is 572 g/mol. The van der Waals surface area contributed by atoms with Crippen molar-refractivity contribution >= 4 is 34.7 Å². The molecule has 1 aromatic carbocycles. The number of carboxylic acid groups (broad SMARTS) is 1. The van der Waals surface area contributed by atoms with Gasteiger partial charge >= 0.3 is 5.97 Å². The van der Waals surface area contributed by atoms with Gasteiger partial charge in [-0.25, -0.2) is 9.97 Å². The molecule has 0 spiro atoms. The Morgan fingerprint density at radius 1 is 0.955 bits per heavy atom. The summed E-state index contributed by atoms with van der Waals surface area (Å²) >= 11 is 1.38. The first-order chi connectivity index (χ1) is 20.6. The molecule has 234 valence electrons. The molecule has 0 radical (unpaired) electrons. The summed E-state index contributed by atoms with van der Waals surface area (Å²) in [4.78, 5) is 48.4. The first kappa shape index (κ1) is 33.1. The highest BCUT2D eigenvalue weighted by Crippen LogP contribution is 2.39. The maximum absolute atomic E-state index is 13.1. The Morgan fingerprint density at radius 3 is 2.14 bits per heavy atom. The first-order valence-electron chi connectivity index (χ1n) is 15.2. The summed E-state index contributed by atoms with van der Waals surface area (Å²) < 4.78 is 0. The number of carboxylic acids is 1. The van der Waals surface area contributed by atoms with Crippen molar-refractivity contribution in [3.63, 3.8) is 0 Å². The van der Waals surface area contributed by atoms with E-state index in [1.54, 1.807) is 6.07 Å². The zero-order chi connectivity index (χ0) is 32.2. The lowest BCUT2D eigenvalue weighted by Gasteiger charge is -2.33. The molecule has 1 aliphatic carbocycles. The lowest BCUT2D eigenvalue weighted by molar-refractivity contribution is -0.141. The predicted molar refractivity (Wildman–Crippen MR) is 175 cm³/mol. The predicted octanol–water partition coefficient (Wildman–Crippen LogP) is 6.66. The normalized spacial score (nSPS) is 16.9. The van der Waals surface area contributed by atoms with Crippen LogP contribution in [0.25, 0.3) is 17.0 Å². The summed E-state index contributed by atoms with van der Waals surface area (Å²) in [5, 5.41) is 14.6. The monoisotopic (exact) mass is 616 g/mol. The van der Waals surface area contributed by atoms with Crippen molar-refractivity contribution in [1.29, 1.82) is 0 Å². The second kappa shape index (κ2) is 13.4. The lowest BCUT2D eigenvalue weighted by Crippen LogP contribution is -2.51. The van der Waals surface area contributed by atoms with Gasteiger partial charge in [0, 0.05) is 34.8 Å². The zero-order valence-corrected chi connectivity index (χ0v) is 27.5. The molecule has 2 amide bonds. The summed E-state index contributed by atoms with van der Waals surface area (Å²) in [5.41, 5.74) is 4.19. The van der Waals surface area contributed by atoms with Gasteiger partial charge in [-0.1, -0.05) is 71.9 Å². The number of aliphatic carboxylic acids is 1. The third-order valence-electron chi connectivity index (χ3n) is 8.23. The van der Waals surface area contributed by atoms with Gasteiger partial charge in [0.25, 0.3) is 5.91 Å². The SMILES string of the molecule is C[C@@H](NC(=O)[C@H](Cc1ccc(-c2ncc(C3=CCC(C(C)(C)C)CC3)cn2)cc1)NC(=O)c1ccc(C(C)(C)C)s1)C(=O)O. The van der Waals surface area contributed by atoms with E-state index in [1.165, 1.54) is 30.3 Å². The molecule has 3 aromatic rings. The number of aromatic nitrogens is 2. The van der Waals surface area contributed by atoms with E-state index in [4.69, 9.17) is 0 Å². The number of thiophene rings is 1. The van der Waals surface area contributed by atoms with E-state index in [1.807, 2.05) is 42.7 Å². The lowest BCUT2D eigenvalue weighted by atomic mass is 9.72. The Morgan fingerprint density at radius 2 is 1.61 bits per heavy atom. The molecule has 4 rings (SSSR count). The molecule has 0 saturated heterocycles. The van der Waals surface area contributed by atoms with E-state index in [0.717, 1.165) is 34.4 Å². The van der Waals surface area contributed by atoms with Crippen LogP contribution in [-0.2, 0) is 21.4 Å². The molecule has 44 heavy (non-hydrogen) atoms. The summed E-state index contributed by atoms with van der Waals surface area (Å²) in [6, 6.07) is 9.15. The molecule has 3 N–H and O–H groups in total. The van der Waals surface area contributed by atoms with E-state index in [-0.39, 0.29) is 17.7 Å². The minimum atomic E-state index is -1.15. The van der Waals surface area contributed by atoms with Crippen molar-refractivity contribution in [2.24, 2.45) is 11.3 Å². The molecule has 9 heteroatoms. The van der Waals surface area contributed by atoms with Crippen LogP contribution in [0.1, 0.15) is 93.4 Å². The highest BCUT2D eigenvalue weighted by molar-refractivity contribution is 7.14. The number of benzene rings is 1. The third-order valence-corrected chi connectivity index (χ3v) is 9.74. The quantitative estimate of drug-likeness (QED) is 0.247. The second-order valence-electron chi connectivity index (χ2n) is 13.8. The smallest absolute Gasteiger partial charge is 0.325 e. The Bertz CT molecular complexity index is 1510. The Hall–Kier alpha value is -3.85. The fourth-order valence-corrected chi connectivity index (χ4v) is 6.20. The molecule has 0 saturated carbocycles. The molecular formula is C35H44N4O4S. The summed E-state index contributed by atoms with van der Waals surface area (Å²) in [6.07, 6.45) is 9.55. The molecule has 2 aromatic heterocycles. The molecule has 3 atom stereocenters. The molecule has 1 aliphatic rings. The van der Waals surface area contributed by atoms with E-state index >= 15 is 0 Å². The maximum Gasteiger partial charge on any atom is 0.325 e. The standard InChI is InChI=1S/C35H44N4O4S/c1-21(33(42)43)38-31(40)27(39-32(41)28-16-17-29(44-28)35(5,6)7)18-22-8-10-24(11-9-22)30-36-19-25(20-37-30)23-12-14-26(15-13-23)34(2,3)4/h8-12,16-17,19-21,26-27H,13-15,18H2,1-7H3,(H,38,40)(H,39,41)(H,42,43)/t21-,26?,27+/m1/s1. The van der Waals surface area contributed by atoms with Crippen molar-refractivity contribution in [2.75, 3.05) is 0 Å². The fourth-order valence-electron chi connectivity index (χ4n) is 5.23. The van der Waals surface area contributed by atoms with Gasteiger partial charge in [-0.3, -0.25) is 14.4 Å². The van der Waals surface area contributed by atoms with Crippen molar-refractivity contribution in [1.82, 2.24) is 20.6 Å². The Balaban J connectivity index is 1.46. The van der Waals surface area contributed by atoms with Crippen molar-refractivity contribution in [3.8, 4) is 11.4 Å². The van der Waals surface area contributed by atoms with Gasteiger partial charge in [0.2, 0.25) is 5.91 Å². The van der Waals surface area contributed by atoms with Crippen LogP contribution >= 0.6 is 11.3 Å². The van der Waals surface area contributed by atoms with Crippen molar-refractivity contribution in [2.45, 2.75) is 91.6 Å². The number of rotatable bonds is 9. The third kappa shape index (κ3) is 8.40. The number of hydrogen-bond acceptors (Lipinski definition) is 6. The largest absolute Gasteiger partial charge is 0.480 e. The minimum absolute atomic E-state index is 0.106. The number of nitrogens with zero attached hydrogens (tertiary/aromatic N) is 2. The number of nitrogens with one attached hydrogen (secondary N) is 2. The molecule has 0 fully saturated rings. The highest BCUT2D eigenvalue weighted by atomic mass is 32.1. The van der Waals surface area contributed by atoms with E-state index in [0.29, 0.717) is 22.0 Å². The van der Waals surface area contributed by atoms with Crippen molar-refractivity contribution in [3.05, 3.63) is 75.7 Å². The summed E-state index contributed by atoms with van der Waals surface area (Å²) in [5.74, 6) is -0.799. The van der Waals surface area contributed by atoms with Gasteiger partial charge in [-0.2, -0.15) is 0 Å². The van der Waals surface area contributed by atoms with Crippen LogP contribution in [-0.4, -0.2) is 44.9 Å². The molecule has 0 aliphatic heterocycles. The second-order valence-corrected chi connectivity index (χ2v) is 14.9. The average molecular weight is 617 g/mol. The van der Waals surface area contributed by atoms with Crippen LogP contribution in [0.4, 0.5) is 0 Å². The minimum Gasteiger partial charge on any atom is -0.480 e. The Labute approximate surface area is 264 Å². The van der Waals surface area contributed by atoms with Crippen LogP contribution in [0.3, 0.4) is 0 Å². The average Bonchev–Trinajstić information content (AvgIpc) is 3.48. The van der Waals surface area contributed by atoms with Gasteiger partial charge in [0.1, 0.15) is 12.1 Å². The van der Waals surface area contributed by atoms with Crippen LogP contribution in [0.5, 0.6) is 0 Å². The number of carbonyl (C=O) groups excluding carboxylic acids is 2. The van der Waals surface area contributed by atoms with Gasteiger partial charge in [-0.15, -0.1) is 11.3 Å². The van der Waals surface area contributed by atoms with Gasteiger partial charge in [0.05, 0.1) is 4.88 Å². The zero-order valence-electron chi connectivity index (χ0n) is 26.7. The van der Waals surface area contributed by atoms with Gasteiger partial charge in [-0.05, 0) is 66.2 Å². The maximum atomic E-state index is 13.1. The van der Waals surface area contributed by atoms with Crippen LogP contribution in [0.15, 0.2) is 54.9 Å². The van der Waals surface area contributed by atoms with Gasteiger partial charge < -0.3 is 15.7 Å².